The molecular formula is C23H23FN4O5S. The maximum atomic E-state index is 13.0. The fourth-order valence-electron chi connectivity index (χ4n) is 4.31. The van der Waals surface area contributed by atoms with Crippen molar-refractivity contribution in [1.82, 2.24) is 14.9 Å². The van der Waals surface area contributed by atoms with Crippen LogP contribution in [0.5, 0.6) is 5.75 Å². The maximum absolute atomic E-state index is 13.0. The van der Waals surface area contributed by atoms with Crippen LogP contribution in [0.15, 0.2) is 53.4 Å². The Morgan fingerprint density at radius 3 is 2.50 bits per heavy atom. The standard InChI is InChI=1S/C23H23FN4O5S/c24-17-5-7-19(8-6-17)33-14-13-28-21(29)23(26-22(28)30)11-9-18(10-12-23)27-34(31,32)20-4-2-1-3-16(20)15-25/h1-8,18,27H,9-14H2,(H,26,30). The summed E-state index contributed by atoms with van der Waals surface area (Å²) < 4.78 is 46.6. The van der Waals surface area contributed by atoms with E-state index >= 15 is 0 Å². The van der Waals surface area contributed by atoms with Crippen LogP contribution in [-0.2, 0) is 14.8 Å². The van der Waals surface area contributed by atoms with E-state index in [-0.39, 0.29) is 42.4 Å². The quantitative estimate of drug-likeness (QED) is 0.578. The van der Waals surface area contributed by atoms with Crippen molar-refractivity contribution in [2.75, 3.05) is 13.2 Å². The molecule has 2 N–H and O–H groups in total. The highest BCUT2D eigenvalue weighted by molar-refractivity contribution is 7.89. The van der Waals surface area contributed by atoms with Gasteiger partial charge >= 0.3 is 6.03 Å². The second kappa shape index (κ2) is 9.40. The van der Waals surface area contributed by atoms with Crippen molar-refractivity contribution in [3.63, 3.8) is 0 Å². The fraction of sp³-hybridized carbons (Fsp3) is 0.348. The van der Waals surface area contributed by atoms with Gasteiger partial charge < -0.3 is 10.1 Å². The normalized spacial score (nSPS) is 22.5. The number of hydrogen-bond donors (Lipinski definition) is 2. The van der Waals surface area contributed by atoms with Crippen LogP contribution >= 0.6 is 0 Å². The lowest BCUT2D eigenvalue weighted by Crippen LogP contribution is -2.52. The highest BCUT2D eigenvalue weighted by atomic mass is 32.2. The number of sulfonamides is 1. The summed E-state index contributed by atoms with van der Waals surface area (Å²) in [6.45, 7) is 0.0897. The minimum atomic E-state index is -3.91. The molecule has 34 heavy (non-hydrogen) atoms. The lowest BCUT2D eigenvalue weighted by atomic mass is 9.79. The summed E-state index contributed by atoms with van der Waals surface area (Å²) in [5.74, 6) is -0.333. The molecule has 3 amide bonds. The predicted octanol–water partition coefficient (Wildman–Crippen LogP) is 2.29. The van der Waals surface area contributed by atoms with Crippen LogP contribution < -0.4 is 14.8 Å². The lowest BCUT2D eigenvalue weighted by molar-refractivity contribution is -0.132. The Balaban J connectivity index is 1.34. The molecule has 2 aliphatic rings. The van der Waals surface area contributed by atoms with Crippen molar-refractivity contribution in [2.24, 2.45) is 0 Å². The Morgan fingerprint density at radius 1 is 1.15 bits per heavy atom. The molecule has 2 fully saturated rings. The van der Waals surface area contributed by atoms with Crippen LogP contribution in [0.2, 0.25) is 0 Å². The molecule has 1 aliphatic heterocycles. The summed E-state index contributed by atoms with van der Waals surface area (Å²) >= 11 is 0. The van der Waals surface area contributed by atoms with Crippen molar-refractivity contribution in [1.29, 1.82) is 5.26 Å². The van der Waals surface area contributed by atoms with Gasteiger partial charge in [0, 0.05) is 6.04 Å². The molecule has 1 spiro atoms. The molecule has 4 rings (SSSR count). The number of nitrogens with zero attached hydrogens (tertiary/aromatic N) is 2. The molecule has 0 unspecified atom stereocenters. The Kier molecular flexibility index (Phi) is 6.54. The summed E-state index contributed by atoms with van der Waals surface area (Å²) in [5.41, 5.74) is -1.02. The third-order valence-electron chi connectivity index (χ3n) is 6.10. The molecular weight excluding hydrogens is 463 g/mol. The van der Waals surface area contributed by atoms with Crippen molar-refractivity contribution in [2.45, 2.75) is 42.2 Å². The first-order valence-corrected chi connectivity index (χ1v) is 12.3. The van der Waals surface area contributed by atoms with E-state index in [0.717, 1.165) is 4.90 Å². The Hall–Kier alpha value is -3.49. The van der Waals surface area contributed by atoms with Crippen molar-refractivity contribution < 1.29 is 27.1 Å². The monoisotopic (exact) mass is 486 g/mol. The van der Waals surface area contributed by atoms with Crippen LogP contribution in [0.1, 0.15) is 31.2 Å². The first-order valence-electron chi connectivity index (χ1n) is 10.8. The molecule has 178 valence electrons. The van der Waals surface area contributed by atoms with Gasteiger partial charge in [-0.1, -0.05) is 12.1 Å². The number of carbonyl (C=O) groups is 2. The van der Waals surface area contributed by atoms with Gasteiger partial charge in [-0.3, -0.25) is 9.69 Å². The zero-order valence-electron chi connectivity index (χ0n) is 18.2. The van der Waals surface area contributed by atoms with E-state index in [1.807, 2.05) is 6.07 Å². The molecule has 9 nitrogen and oxygen atoms in total. The molecule has 11 heteroatoms. The summed E-state index contributed by atoms with van der Waals surface area (Å²) in [5, 5.41) is 12.0. The summed E-state index contributed by atoms with van der Waals surface area (Å²) in [4.78, 5) is 26.5. The SMILES string of the molecule is N#Cc1ccccc1S(=O)(=O)NC1CCC2(CC1)NC(=O)N(CCOc1ccc(F)cc1)C2=O. The van der Waals surface area contributed by atoms with Crippen LogP contribution in [0.25, 0.3) is 0 Å². The molecule has 1 heterocycles. The zero-order chi connectivity index (χ0) is 24.3. The van der Waals surface area contributed by atoms with Gasteiger partial charge in [-0.25, -0.2) is 22.3 Å². The number of ether oxygens (including phenoxy) is 1. The third-order valence-corrected chi connectivity index (χ3v) is 7.68. The number of nitrogens with one attached hydrogen (secondary N) is 2. The van der Waals surface area contributed by atoms with E-state index in [0.29, 0.717) is 18.6 Å². The van der Waals surface area contributed by atoms with Crippen LogP contribution in [0.4, 0.5) is 9.18 Å². The molecule has 1 saturated heterocycles. The van der Waals surface area contributed by atoms with E-state index in [4.69, 9.17) is 4.74 Å². The van der Waals surface area contributed by atoms with E-state index in [1.165, 1.54) is 36.4 Å². The van der Waals surface area contributed by atoms with Gasteiger partial charge in [0.25, 0.3) is 5.91 Å². The number of benzene rings is 2. The summed E-state index contributed by atoms with van der Waals surface area (Å²) in [7, 11) is -3.91. The average Bonchev–Trinajstić information content (AvgIpc) is 3.05. The maximum Gasteiger partial charge on any atom is 0.325 e. The molecule has 1 saturated carbocycles. The molecule has 1 aliphatic carbocycles. The number of imide groups is 1. The molecule has 2 aromatic rings. The molecule has 0 atom stereocenters. The molecule has 2 aromatic carbocycles. The van der Waals surface area contributed by atoms with Gasteiger partial charge in [0.05, 0.1) is 17.0 Å². The smallest absolute Gasteiger partial charge is 0.325 e. The van der Waals surface area contributed by atoms with E-state index in [2.05, 4.69) is 10.0 Å². The van der Waals surface area contributed by atoms with Crippen LogP contribution in [0, 0.1) is 17.1 Å². The van der Waals surface area contributed by atoms with E-state index in [9.17, 15) is 27.7 Å². The number of hydrogen-bond acceptors (Lipinski definition) is 6. The average molecular weight is 487 g/mol. The highest BCUT2D eigenvalue weighted by Gasteiger charge is 2.52. The van der Waals surface area contributed by atoms with E-state index in [1.54, 1.807) is 12.1 Å². The number of carbonyl (C=O) groups excluding carboxylic acids is 2. The van der Waals surface area contributed by atoms with Crippen LogP contribution in [-0.4, -0.2) is 50.0 Å². The second-order valence-electron chi connectivity index (χ2n) is 8.27. The van der Waals surface area contributed by atoms with Gasteiger partial charge in [-0.15, -0.1) is 0 Å². The third kappa shape index (κ3) is 4.73. The topological polar surface area (TPSA) is 129 Å². The molecule has 0 aromatic heterocycles. The van der Waals surface area contributed by atoms with Crippen molar-refractivity contribution >= 4 is 22.0 Å². The van der Waals surface area contributed by atoms with Gasteiger partial charge in [0.15, 0.2) is 0 Å². The van der Waals surface area contributed by atoms with Gasteiger partial charge in [0.1, 0.15) is 29.8 Å². The Bertz CT molecular complexity index is 1230. The molecule has 0 radical (unpaired) electrons. The fourth-order valence-corrected chi connectivity index (χ4v) is 5.77. The second-order valence-corrected chi connectivity index (χ2v) is 9.96. The number of halogens is 1. The number of rotatable bonds is 7. The molecule has 0 bridgehead atoms. The predicted molar refractivity (Wildman–Crippen MR) is 119 cm³/mol. The summed E-state index contributed by atoms with van der Waals surface area (Å²) in [6, 6.07) is 12.3. The number of nitriles is 1. The zero-order valence-corrected chi connectivity index (χ0v) is 19.0. The van der Waals surface area contributed by atoms with Crippen molar-refractivity contribution in [3.05, 3.63) is 59.9 Å². The summed E-state index contributed by atoms with van der Waals surface area (Å²) in [6.07, 6.45) is 1.25. The largest absolute Gasteiger partial charge is 0.492 e. The Labute approximate surface area is 196 Å². The lowest BCUT2D eigenvalue weighted by Gasteiger charge is -2.35. The van der Waals surface area contributed by atoms with E-state index < -0.39 is 33.5 Å². The van der Waals surface area contributed by atoms with Gasteiger partial charge in [0.2, 0.25) is 10.0 Å². The van der Waals surface area contributed by atoms with Crippen molar-refractivity contribution in [3.8, 4) is 11.8 Å². The van der Waals surface area contributed by atoms with Gasteiger partial charge in [-0.05, 0) is 62.1 Å². The minimum absolute atomic E-state index is 0.0325. The number of urea groups is 1. The van der Waals surface area contributed by atoms with Gasteiger partial charge in [-0.2, -0.15) is 5.26 Å². The number of amides is 3. The first kappa shape index (κ1) is 23.7. The highest BCUT2D eigenvalue weighted by Crippen LogP contribution is 2.34. The minimum Gasteiger partial charge on any atom is -0.492 e. The Morgan fingerprint density at radius 2 is 1.82 bits per heavy atom. The van der Waals surface area contributed by atoms with Crippen LogP contribution in [0.3, 0.4) is 0 Å². The first-order chi connectivity index (χ1) is 16.2.